The van der Waals surface area contributed by atoms with Gasteiger partial charge >= 0.3 is 0 Å². The van der Waals surface area contributed by atoms with Crippen molar-refractivity contribution in [3.63, 3.8) is 0 Å². The summed E-state index contributed by atoms with van der Waals surface area (Å²) in [6.07, 6.45) is 4.77. The number of rotatable bonds is 9. The van der Waals surface area contributed by atoms with Crippen molar-refractivity contribution in [2.24, 2.45) is 5.92 Å². The molecule has 0 atom stereocenters. The van der Waals surface area contributed by atoms with Gasteiger partial charge in [0.15, 0.2) is 6.61 Å². The van der Waals surface area contributed by atoms with Crippen molar-refractivity contribution in [2.75, 3.05) is 19.8 Å². The summed E-state index contributed by atoms with van der Waals surface area (Å²) >= 11 is 5.81. The number of halogens is 1. The lowest BCUT2D eigenvalue weighted by molar-refractivity contribution is -0.152. The highest BCUT2D eigenvalue weighted by atomic mass is 35.5. The lowest BCUT2D eigenvalue weighted by atomic mass is 9.44. The van der Waals surface area contributed by atoms with E-state index < -0.39 is 0 Å². The topological polar surface area (TPSA) is 76.7 Å². The molecule has 4 aliphatic rings. The lowest BCUT2D eigenvalue weighted by Crippen LogP contribution is -2.84. The Balaban J connectivity index is 1.13. The van der Waals surface area contributed by atoms with E-state index in [4.69, 9.17) is 21.1 Å². The average Bonchev–Trinajstić information content (AvgIpc) is 3.35. The zero-order chi connectivity index (χ0) is 18.2. The van der Waals surface area contributed by atoms with Crippen LogP contribution in [-0.2, 0) is 14.3 Å². The molecule has 0 aromatic heterocycles. The van der Waals surface area contributed by atoms with Crippen LogP contribution in [0.1, 0.15) is 32.1 Å². The van der Waals surface area contributed by atoms with Crippen LogP contribution in [0.15, 0.2) is 24.3 Å². The van der Waals surface area contributed by atoms with Gasteiger partial charge in [0.1, 0.15) is 12.4 Å². The van der Waals surface area contributed by atoms with Crippen LogP contribution in [0.2, 0.25) is 5.02 Å². The molecule has 5 rings (SSSR count). The Kier molecular flexibility index (Phi) is 4.57. The molecule has 2 N–H and O–H groups in total. The monoisotopic (exact) mass is 378 g/mol. The van der Waals surface area contributed by atoms with E-state index in [0.717, 1.165) is 19.3 Å². The van der Waals surface area contributed by atoms with E-state index in [1.54, 1.807) is 24.3 Å². The third-order valence-electron chi connectivity index (χ3n) is 5.31. The summed E-state index contributed by atoms with van der Waals surface area (Å²) in [6.45, 7) is 0.790. The van der Waals surface area contributed by atoms with Crippen molar-refractivity contribution in [3.05, 3.63) is 29.3 Å². The Morgan fingerprint density at radius 1 is 1.00 bits per heavy atom. The maximum atomic E-state index is 12.1. The number of carbonyl (C=O) groups excluding carboxylic acids is 2. The van der Waals surface area contributed by atoms with Gasteiger partial charge < -0.3 is 20.1 Å². The number of hydrogen-bond donors (Lipinski definition) is 2. The maximum absolute atomic E-state index is 12.1. The average molecular weight is 379 g/mol. The molecule has 1 aromatic carbocycles. The molecule has 0 heterocycles. The molecule has 7 heteroatoms. The summed E-state index contributed by atoms with van der Waals surface area (Å²) in [5, 5.41) is 6.71. The zero-order valence-electron chi connectivity index (χ0n) is 14.6. The second-order valence-corrected chi connectivity index (χ2v) is 8.32. The van der Waals surface area contributed by atoms with Gasteiger partial charge in [-0.2, -0.15) is 0 Å². The lowest BCUT2D eigenvalue weighted by Gasteiger charge is -2.70. The first-order valence-electron chi connectivity index (χ1n) is 9.04. The van der Waals surface area contributed by atoms with E-state index in [1.807, 2.05) is 0 Å². The summed E-state index contributed by atoms with van der Waals surface area (Å²) in [7, 11) is 0. The van der Waals surface area contributed by atoms with Crippen molar-refractivity contribution in [2.45, 2.75) is 43.2 Å². The minimum absolute atomic E-state index is 0.0300. The van der Waals surface area contributed by atoms with Gasteiger partial charge in [0.25, 0.3) is 5.91 Å². The molecule has 0 unspecified atom stereocenters. The summed E-state index contributed by atoms with van der Waals surface area (Å²) in [6, 6.07) is 6.90. The molecular weight excluding hydrogens is 356 g/mol. The SMILES string of the molecule is O=C(COCC1CC1)NC12CC(NC(=O)COc3ccc(Cl)cc3)(C1)C2. The smallest absolute Gasteiger partial charge is 0.258 e. The number of carbonyl (C=O) groups is 2. The van der Waals surface area contributed by atoms with Gasteiger partial charge in [-0.3, -0.25) is 9.59 Å². The molecule has 0 saturated heterocycles. The highest BCUT2D eigenvalue weighted by molar-refractivity contribution is 6.30. The molecule has 0 radical (unpaired) electrons. The van der Waals surface area contributed by atoms with Crippen LogP contribution >= 0.6 is 11.6 Å². The van der Waals surface area contributed by atoms with Crippen molar-refractivity contribution in [1.82, 2.24) is 10.6 Å². The summed E-state index contributed by atoms with van der Waals surface area (Å²) in [4.78, 5) is 24.0. The molecule has 0 aliphatic heterocycles. The van der Waals surface area contributed by atoms with Gasteiger partial charge in [0.2, 0.25) is 5.91 Å². The van der Waals surface area contributed by atoms with E-state index in [-0.39, 0.29) is 36.1 Å². The summed E-state index contributed by atoms with van der Waals surface area (Å²) in [5.41, 5.74) is -0.326. The molecule has 4 saturated carbocycles. The van der Waals surface area contributed by atoms with E-state index in [0.29, 0.717) is 23.3 Å². The van der Waals surface area contributed by atoms with Crippen molar-refractivity contribution >= 4 is 23.4 Å². The second kappa shape index (κ2) is 6.74. The molecule has 2 bridgehead atoms. The minimum atomic E-state index is -0.178. The molecule has 2 amide bonds. The first kappa shape index (κ1) is 17.6. The molecule has 4 aliphatic carbocycles. The van der Waals surface area contributed by atoms with Gasteiger partial charge in [0.05, 0.1) is 6.61 Å². The van der Waals surface area contributed by atoms with E-state index >= 15 is 0 Å². The van der Waals surface area contributed by atoms with Crippen molar-refractivity contribution < 1.29 is 19.1 Å². The number of ether oxygens (including phenoxy) is 2. The van der Waals surface area contributed by atoms with Crippen LogP contribution in [0.4, 0.5) is 0 Å². The normalized spacial score (nSPS) is 28.5. The molecule has 0 spiro atoms. The first-order chi connectivity index (χ1) is 12.5. The zero-order valence-corrected chi connectivity index (χ0v) is 15.3. The molecule has 26 heavy (non-hydrogen) atoms. The van der Waals surface area contributed by atoms with Gasteiger partial charge in [-0.25, -0.2) is 0 Å². The Morgan fingerprint density at radius 3 is 2.15 bits per heavy atom. The third kappa shape index (κ3) is 3.96. The fourth-order valence-corrected chi connectivity index (χ4v) is 4.13. The molecular formula is C19H23ClN2O4. The predicted octanol–water partition coefficient (Wildman–Crippen LogP) is 2.05. The van der Waals surface area contributed by atoms with Crippen LogP contribution in [0.25, 0.3) is 0 Å². The number of benzene rings is 1. The summed E-state index contributed by atoms with van der Waals surface area (Å²) in [5.74, 6) is 1.06. The Labute approximate surface area is 157 Å². The predicted molar refractivity (Wildman–Crippen MR) is 96.1 cm³/mol. The van der Waals surface area contributed by atoms with Crippen molar-refractivity contribution in [1.29, 1.82) is 0 Å². The molecule has 140 valence electrons. The van der Waals surface area contributed by atoms with Gasteiger partial charge in [0, 0.05) is 16.1 Å². The number of amides is 2. The van der Waals surface area contributed by atoms with Gasteiger partial charge in [-0.05, 0) is 62.3 Å². The van der Waals surface area contributed by atoms with Crippen LogP contribution in [-0.4, -0.2) is 42.7 Å². The van der Waals surface area contributed by atoms with Crippen LogP contribution in [0.5, 0.6) is 5.75 Å². The number of hydrogen-bond acceptors (Lipinski definition) is 4. The molecule has 4 fully saturated rings. The standard InChI is InChI=1S/C19H23ClN2O4/c20-14-3-5-15(6-4-14)26-9-17(24)22-19-10-18(11-19,12-19)21-16(23)8-25-7-13-1-2-13/h3-6,13H,1-2,7-12H2,(H,21,23)(H,22,24). The summed E-state index contributed by atoms with van der Waals surface area (Å²) < 4.78 is 10.9. The maximum Gasteiger partial charge on any atom is 0.258 e. The number of nitrogens with one attached hydrogen (secondary N) is 2. The molecule has 1 aromatic rings. The largest absolute Gasteiger partial charge is 0.484 e. The van der Waals surface area contributed by atoms with Gasteiger partial charge in [-0.15, -0.1) is 0 Å². The highest BCUT2D eigenvalue weighted by Crippen LogP contribution is 2.60. The highest BCUT2D eigenvalue weighted by Gasteiger charge is 2.69. The quantitative estimate of drug-likeness (QED) is 0.689. The van der Waals surface area contributed by atoms with Crippen molar-refractivity contribution in [3.8, 4) is 5.75 Å². The fraction of sp³-hybridized carbons (Fsp3) is 0.579. The minimum Gasteiger partial charge on any atom is -0.484 e. The Hall–Kier alpha value is -1.79. The van der Waals surface area contributed by atoms with Crippen LogP contribution in [0.3, 0.4) is 0 Å². The third-order valence-corrected chi connectivity index (χ3v) is 5.56. The first-order valence-corrected chi connectivity index (χ1v) is 9.42. The van der Waals surface area contributed by atoms with E-state index in [9.17, 15) is 9.59 Å². The van der Waals surface area contributed by atoms with Gasteiger partial charge in [-0.1, -0.05) is 11.6 Å². The van der Waals surface area contributed by atoms with E-state index in [2.05, 4.69) is 10.6 Å². The molecule has 6 nitrogen and oxygen atoms in total. The van der Waals surface area contributed by atoms with Crippen LogP contribution < -0.4 is 15.4 Å². The Bertz CT molecular complexity index is 682. The fourth-order valence-electron chi connectivity index (χ4n) is 4.00. The van der Waals surface area contributed by atoms with E-state index in [1.165, 1.54) is 12.8 Å². The second-order valence-electron chi connectivity index (χ2n) is 7.89. The Morgan fingerprint density at radius 2 is 1.58 bits per heavy atom. The van der Waals surface area contributed by atoms with Crippen LogP contribution in [0, 0.1) is 5.92 Å².